The lowest BCUT2D eigenvalue weighted by molar-refractivity contribution is -0.112. The molecule has 4 nitrogen and oxygen atoms in total. The highest BCUT2D eigenvalue weighted by Gasteiger charge is 2.11. The summed E-state index contributed by atoms with van der Waals surface area (Å²) < 4.78 is 18.9. The number of carbonyl (C=O) groups excluding carboxylic acids is 1. The first-order chi connectivity index (χ1) is 12.2. The van der Waals surface area contributed by atoms with Gasteiger partial charge in [0.1, 0.15) is 29.0 Å². The zero-order valence-corrected chi connectivity index (χ0v) is 13.1. The van der Waals surface area contributed by atoms with Crippen LogP contribution >= 0.6 is 0 Å². The predicted molar refractivity (Wildman–Crippen MR) is 92.8 cm³/mol. The van der Waals surface area contributed by atoms with Crippen LogP contribution in [-0.2, 0) is 4.79 Å². The Hall–Kier alpha value is -3.65. The van der Waals surface area contributed by atoms with Crippen LogP contribution in [0.15, 0.2) is 76.7 Å². The molecule has 2 aromatic carbocycles. The molecule has 25 heavy (non-hydrogen) atoms. The number of hydrogen-bond acceptors (Lipinski definition) is 3. The Morgan fingerprint density at radius 3 is 2.60 bits per heavy atom. The van der Waals surface area contributed by atoms with Crippen LogP contribution in [0.1, 0.15) is 5.76 Å². The molecule has 3 rings (SSSR count). The fourth-order valence-electron chi connectivity index (χ4n) is 2.24. The molecule has 0 unspecified atom stereocenters. The quantitative estimate of drug-likeness (QED) is 0.559. The van der Waals surface area contributed by atoms with Crippen molar-refractivity contribution in [2.24, 2.45) is 0 Å². The minimum Gasteiger partial charge on any atom is -0.457 e. The van der Waals surface area contributed by atoms with Gasteiger partial charge in [-0.25, -0.2) is 4.39 Å². The van der Waals surface area contributed by atoms with Gasteiger partial charge in [-0.3, -0.25) is 4.79 Å². The molecule has 0 spiro atoms. The van der Waals surface area contributed by atoms with Gasteiger partial charge in [0.2, 0.25) is 0 Å². The van der Waals surface area contributed by atoms with Crippen molar-refractivity contribution >= 4 is 17.7 Å². The lowest BCUT2D eigenvalue weighted by Gasteiger charge is -2.03. The molecule has 5 heteroatoms. The normalized spacial score (nSPS) is 11.0. The molecule has 0 saturated carbocycles. The van der Waals surface area contributed by atoms with E-state index in [9.17, 15) is 14.4 Å². The van der Waals surface area contributed by atoms with E-state index in [-0.39, 0.29) is 11.4 Å². The summed E-state index contributed by atoms with van der Waals surface area (Å²) >= 11 is 0. The Kier molecular flexibility index (Phi) is 4.72. The number of nitrogens with one attached hydrogen (secondary N) is 1. The van der Waals surface area contributed by atoms with Gasteiger partial charge in [0.25, 0.3) is 5.91 Å². The molecule has 0 atom stereocenters. The molecule has 1 heterocycles. The van der Waals surface area contributed by atoms with Gasteiger partial charge < -0.3 is 9.73 Å². The van der Waals surface area contributed by atoms with Crippen molar-refractivity contribution in [3.8, 4) is 17.4 Å². The Labute approximate surface area is 143 Å². The van der Waals surface area contributed by atoms with Gasteiger partial charge in [-0.1, -0.05) is 30.3 Å². The summed E-state index contributed by atoms with van der Waals surface area (Å²) in [6, 6.07) is 20.0. The van der Waals surface area contributed by atoms with Crippen LogP contribution in [0.2, 0.25) is 0 Å². The second kappa shape index (κ2) is 7.28. The van der Waals surface area contributed by atoms with Gasteiger partial charge in [-0.15, -0.1) is 0 Å². The summed E-state index contributed by atoms with van der Waals surface area (Å²) in [7, 11) is 0. The number of carbonyl (C=O) groups is 1. The van der Waals surface area contributed by atoms with Gasteiger partial charge in [0.05, 0.1) is 0 Å². The minimum absolute atomic E-state index is 0.0935. The number of amides is 1. The topological polar surface area (TPSA) is 66.0 Å². The van der Waals surface area contributed by atoms with Crippen LogP contribution in [-0.4, -0.2) is 5.91 Å². The van der Waals surface area contributed by atoms with Crippen molar-refractivity contribution in [1.29, 1.82) is 5.26 Å². The van der Waals surface area contributed by atoms with Crippen molar-refractivity contribution in [3.63, 3.8) is 0 Å². The number of benzene rings is 2. The molecule has 1 amide bonds. The number of nitrogens with zero attached hydrogens (tertiary/aromatic N) is 1. The van der Waals surface area contributed by atoms with Gasteiger partial charge in [0, 0.05) is 17.3 Å². The fourth-order valence-corrected chi connectivity index (χ4v) is 2.24. The number of rotatable bonds is 4. The second-order valence-electron chi connectivity index (χ2n) is 5.20. The molecule has 0 aliphatic rings. The monoisotopic (exact) mass is 332 g/mol. The largest absolute Gasteiger partial charge is 0.457 e. The van der Waals surface area contributed by atoms with Crippen LogP contribution < -0.4 is 5.32 Å². The first-order valence-corrected chi connectivity index (χ1v) is 7.50. The Balaban J connectivity index is 1.81. The molecule has 3 aromatic rings. The van der Waals surface area contributed by atoms with Crippen LogP contribution in [0.3, 0.4) is 0 Å². The summed E-state index contributed by atoms with van der Waals surface area (Å²) in [4.78, 5) is 12.2. The van der Waals surface area contributed by atoms with E-state index in [1.165, 1.54) is 18.2 Å². The average Bonchev–Trinajstić information content (AvgIpc) is 3.09. The third-order valence-corrected chi connectivity index (χ3v) is 3.42. The van der Waals surface area contributed by atoms with E-state index >= 15 is 0 Å². The molecular formula is C20H13FN2O2. The van der Waals surface area contributed by atoms with Crippen molar-refractivity contribution in [1.82, 2.24) is 0 Å². The molecule has 0 bridgehead atoms. The number of nitriles is 1. The number of furan rings is 1. The predicted octanol–water partition coefficient (Wildman–Crippen LogP) is 4.63. The van der Waals surface area contributed by atoms with Gasteiger partial charge in [-0.2, -0.15) is 5.26 Å². The van der Waals surface area contributed by atoms with Crippen LogP contribution in [0.4, 0.5) is 10.1 Å². The van der Waals surface area contributed by atoms with Gasteiger partial charge in [0.15, 0.2) is 0 Å². The molecule has 0 aliphatic carbocycles. The molecule has 0 fully saturated rings. The summed E-state index contributed by atoms with van der Waals surface area (Å²) in [5, 5.41) is 11.9. The lowest BCUT2D eigenvalue weighted by Crippen LogP contribution is -2.13. The maximum Gasteiger partial charge on any atom is 0.266 e. The van der Waals surface area contributed by atoms with E-state index in [0.29, 0.717) is 22.8 Å². The maximum atomic E-state index is 13.3. The second-order valence-corrected chi connectivity index (χ2v) is 5.20. The summed E-state index contributed by atoms with van der Waals surface area (Å²) in [6.45, 7) is 0. The lowest BCUT2D eigenvalue weighted by atomic mass is 10.2. The first-order valence-electron chi connectivity index (χ1n) is 7.50. The van der Waals surface area contributed by atoms with E-state index in [0.717, 1.165) is 0 Å². The standard InChI is InChI=1S/C20H13FN2O2/c21-16-6-4-5-14(11-16)19-10-9-18(25-19)12-15(13-22)20(24)23-17-7-2-1-3-8-17/h1-12H,(H,23,24)/b15-12+. The molecule has 1 N–H and O–H groups in total. The SMILES string of the molecule is N#C/C(=C\c1ccc(-c2cccc(F)c2)o1)C(=O)Nc1ccccc1. The number of para-hydroxylation sites is 1. The molecule has 0 saturated heterocycles. The molecule has 122 valence electrons. The van der Waals surface area contributed by atoms with E-state index in [2.05, 4.69) is 5.32 Å². The Morgan fingerprint density at radius 2 is 1.88 bits per heavy atom. The highest BCUT2D eigenvalue weighted by atomic mass is 19.1. The zero-order chi connectivity index (χ0) is 17.6. The van der Waals surface area contributed by atoms with Gasteiger partial charge in [-0.05, 0) is 36.4 Å². The molecule has 0 radical (unpaired) electrons. The Bertz CT molecular complexity index is 969. The number of hydrogen-bond donors (Lipinski definition) is 1. The van der Waals surface area contributed by atoms with E-state index in [1.54, 1.807) is 48.5 Å². The highest BCUT2D eigenvalue weighted by Crippen LogP contribution is 2.24. The Morgan fingerprint density at radius 1 is 1.08 bits per heavy atom. The fraction of sp³-hybridized carbons (Fsp3) is 0. The van der Waals surface area contributed by atoms with Crippen LogP contribution in [0.25, 0.3) is 17.4 Å². The third kappa shape index (κ3) is 4.01. The third-order valence-electron chi connectivity index (χ3n) is 3.42. The van der Waals surface area contributed by atoms with Crippen LogP contribution in [0, 0.1) is 17.1 Å². The van der Waals surface area contributed by atoms with E-state index < -0.39 is 5.91 Å². The highest BCUT2D eigenvalue weighted by molar-refractivity contribution is 6.09. The molecule has 0 aliphatic heterocycles. The zero-order valence-electron chi connectivity index (χ0n) is 13.1. The number of anilines is 1. The minimum atomic E-state index is -0.530. The maximum absolute atomic E-state index is 13.3. The van der Waals surface area contributed by atoms with E-state index in [1.807, 2.05) is 12.1 Å². The summed E-state index contributed by atoms with van der Waals surface area (Å²) in [5.41, 5.74) is 1.07. The molecular weight excluding hydrogens is 319 g/mol. The summed E-state index contributed by atoms with van der Waals surface area (Å²) in [5.74, 6) is -0.117. The van der Waals surface area contributed by atoms with Crippen LogP contribution in [0.5, 0.6) is 0 Å². The smallest absolute Gasteiger partial charge is 0.266 e. The number of halogens is 1. The van der Waals surface area contributed by atoms with E-state index in [4.69, 9.17) is 4.42 Å². The van der Waals surface area contributed by atoms with Crippen molar-refractivity contribution < 1.29 is 13.6 Å². The first kappa shape index (κ1) is 16.2. The summed E-state index contributed by atoms with van der Waals surface area (Å²) in [6.07, 6.45) is 1.35. The van der Waals surface area contributed by atoms with Crippen molar-refractivity contribution in [2.75, 3.05) is 5.32 Å². The van der Waals surface area contributed by atoms with Crippen molar-refractivity contribution in [2.45, 2.75) is 0 Å². The van der Waals surface area contributed by atoms with Crippen molar-refractivity contribution in [3.05, 3.63) is 83.9 Å². The van der Waals surface area contributed by atoms with Gasteiger partial charge >= 0.3 is 0 Å². The molecule has 1 aromatic heterocycles. The average molecular weight is 332 g/mol.